The Morgan fingerprint density at radius 3 is 1.92 bits per heavy atom. The monoisotopic (exact) mass is 615 g/mol. The van der Waals surface area contributed by atoms with E-state index in [1.54, 1.807) is 0 Å². The zero-order valence-corrected chi connectivity index (χ0v) is 25.6. The first-order valence-corrected chi connectivity index (χ1v) is 15.9. The van der Waals surface area contributed by atoms with E-state index in [9.17, 15) is 0 Å². The second kappa shape index (κ2) is 10.5. The van der Waals surface area contributed by atoms with E-state index in [-0.39, 0.29) is 0 Å². The van der Waals surface area contributed by atoms with Gasteiger partial charge in [-0.25, -0.2) is 15.0 Å². The number of hydrogen-bond donors (Lipinski definition) is 0. The van der Waals surface area contributed by atoms with Crippen molar-refractivity contribution in [3.05, 3.63) is 152 Å². The van der Waals surface area contributed by atoms with Crippen molar-refractivity contribution in [2.75, 3.05) is 0 Å². The number of hydrogen-bond acceptors (Lipinski definition) is 5. The van der Waals surface area contributed by atoms with Gasteiger partial charge in [0.25, 0.3) is 0 Å². The lowest BCUT2D eigenvalue weighted by Gasteiger charge is -2.10. The summed E-state index contributed by atoms with van der Waals surface area (Å²) < 4.78 is 13.0. The van der Waals surface area contributed by atoms with Gasteiger partial charge in [0, 0.05) is 43.8 Å². The zero-order chi connectivity index (χ0) is 31.6. The van der Waals surface area contributed by atoms with Gasteiger partial charge in [0.2, 0.25) is 0 Å². The first kappa shape index (κ1) is 26.6. The van der Waals surface area contributed by atoms with Crippen molar-refractivity contribution in [3.8, 4) is 45.2 Å². The minimum Gasteiger partial charge on any atom is -0.455 e. The molecule has 4 aromatic heterocycles. The number of fused-ring (bicyclic) bond motifs is 8. The summed E-state index contributed by atoms with van der Waals surface area (Å²) in [5.41, 5.74) is 10.5. The van der Waals surface area contributed by atoms with Gasteiger partial charge in [-0.1, -0.05) is 103 Å². The Balaban J connectivity index is 1.24. The molecule has 0 N–H and O–H groups in total. The van der Waals surface area contributed by atoms with E-state index >= 15 is 0 Å². The van der Waals surface area contributed by atoms with Crippen LogP contribution in [0.4, 0.5) is 0 Å². The van der Waals surface area contributed by atoms with Crippen LogP contribution in [0.2, 0.25) is 0 Å². The average molecular weight is 616 g/mol. The van der Waals surface area contributed by atoms with Crippen LogP contribution in [-0.4, -0.2) is 15.0 Å². The Labute approximate surface area is 274 Å². The fraction of sp³-hybridized carbons (Fsp3) is 0. The van der Waals surface area contributed by atoms with E-state index < -0.39 is 0 Å². The van der Waals surface area contributed by atoms with Gasteiger partial charge in [-0.2, -0.15) is 0 Å². The molecule has 0 radical (unpaired) electrons. The standard InChI is InChI=1S/C43H25N3O2/c1-3-12-26(13-4-1)35-25-36(32-19-11-18-30-29-16-8-10-21-37(29)47-41(30)32)46-43(45-35)28-22-23-38-33(24-28)39-40(27-14-5-2-6-15-27)44-34-20-9-7-17-31(34)42(39)48-38/h1-25H. The van der Waals surface area contributed by atoms with Crippen molar-refractivity contribution < 1.29 is 8.83 Å². The highest BCUT2D eigenvalue weighted by Gasteiger charge is 2.20. The second-order valence-electron chi connectivity index (χ2n) is 12.0. The van der Waals surface area contributed by atoms with Gasteiger partial charge in [0.15, 0.2) is 5.82 Å². The molecule has 48 heavy (non-hydrogen) atoms. The van der Waals surface area contributed by atoms with Crippen molar-refractivity contribution >= 4 is 54.8 Å². The minimum atomic E-state index is 0.616. The highest BCUT2D eigenvalue weighted by molar-refractivity contribution is 6.19. The van der Waals surface area contributed by atoms with Gasteiger partial charge in [0.05, 0.1) is 28.0 Å². The highest BCUT2D eigenvalue weighted by Crippen LogP contribution is 2.41. The molecule has 224 valence electrons. The molecule has 0 saturated carbocycles. The topological polar surface area (TPSA) is 65.0 Å². The molecule has 5 heteroatoms. The smallest absolute Gasteiger partial charge is 0.160 e. The van der Waals surface area contributed by atoms with E-state index in [1.807, 2.05) is 84.9 Å². The van der Waals surface area contributed by atoms with E-state index in [0.717, 1.165) is 94.1 Å². The predicted molar refractivity (Wildman–Crippen MR) is 194 cm³/mol. The van der Waals surface area contributed by atoms with Crippen LogP contribution >= 0.6 is 0 Å². The normalized spacial score (nSPS) is 11.8. The van der Waals surface area contributed by atoms with Gasteiger partial charge in [-0.15, -0.1) is 0 Å². The molecule has 0 unspecified atom stereocenters. The summed E-state index contributed by atoms with van der Waals surface area (Å²) in [5, 5.41) is 5.06. The third-order valence-corrected chi connectivity index (χ3v) is 9.09. The van der Waals surface area contributed by atoms with Gasteiger partial charge in [-0.3, -0.25) is 0 Å². The molecule has 0 aliphatic carbocycles. The van der Waals surface area contributed by atoms with Gasteiger partial charge >= 0.3 is 0 Å². The molecule has 5 nitrogen and oxygen atoms in total. The third-order valence-electron chi connectivity index (χ3n) is 9.09. The Morgan fingerprint density at radius 1 is 0.396 bits per heavy atom. The van der Waals surface area contributed by atoms with Crippen LogP contribution in [0.1, 0.15) is 0 Å². The van der Waals surface area contributed by atoms with Crippen LogP contribution in [0, 0.1) is 0 Å². The van der Waals surface area contributed by atoms with Crippen molar-refractivity contribution in [2.45, 2.75) is 0 Å². The summed E-state index contributed by atoms with van der Waals surface area (Å²) in [6.07, 6.45) is 0. The molecule has 0 atom stereocenters. The maximum absolute atomic E-state index is 6.59. The summed E-state index contributed by atoms with van der Waals surface area (Å²) in [4.78, 5) is 15.5. The SMILES string of the molecule is c1ccc(-c2cc(-c3cccc4c3oc3ccccc34)nc(-c3ccc4oc5c6ccccc6nc(-c6ccccc6)c5c4c3)n2)cc1. The molecule has 0 aliphatic heterocycles. The summed E-state index contributed by atoms with van der Waals surface area (Å²) in [5.74, 6) is 0.616. The Morgan fingerprint density at radius 2 is 1.06 bits per heavy atom. The fourth-order valence-corrected chi connectivity index (χ4v) is 6.83. The Bertz CT molecular complexity index is 2840. The van der Waals surface area contributed by atoms with Crippen molar-refractivity contribution in [1.82, 2.24) is 15.0 Å². The van der Waals surface area contributed by atoms with Crippen molar-refractivity contribution in [3.63, 3.8) is 0 Å². The van der Waals surface area contributed by atoms with Crippen LogP contribution in [0.3, 0.4) is 0 Å². The van der Waals surface area contributed by atoms with Gasteiger partial charge in [0.1, 0.15) is 22.3 Å². The predicted octanol–water partition coefficient (Wildman–Crippen LogP) is 11.5. The maximum atomic E-state index is 6.59. The summed E-state index contributed by atoms with van der Waals surface area (Å²) in [6, 6.07) is 51.3. The van der Waals surface area contributed by atoms with Crippen LogP contribution < -0.4 is 0 Å². The number of aromatic nitrogens is 3. The quantitative estimate of drug-likeness (QED) is 0.197. The molecule has 0 spiro atoms. The molecule has 4 heterocycles. The maximum Gasteiger partial charge on any atom is 0.160 e. The molecule has 0 fully saturated rings. The zero-order valence-electron chi connectivity index (χ0n) is 25.6. The lowest BCUT2D eigenvalue weighted by molar-refractivity contribution is 0.670. The third kappa shape index (κ3) is 4.15. The number of pyridine rings is 1. The molecule has 10 aromatic rings. The summed E-state index contributed by atoms with van der Waals surface area (Å²) in [7, 11) is 0. The van der Waals surface area contributed by atoms with Crippen molar-refractivity contribution in [1.29, 1.82) is 0 Å². The molecule has 10 rings (SSSR count). The number of furan rings is 2. The fourth-order valence-electron chi connectivity index (χ4n) is 6.83. The Hall–Kier alpha value is -6.59. The highest BCUT2D eigenvalue weighted by atomic mass is 16.3. The van der Waals surface area contributed by atoms with Crippen molar-refractivity contribution in [2.24, 2.45) is 0 Å². The minimum absolute atomic E-state index is 0.616. The lowest BCUT2D eigenvalue weighted by Crippen LogP contribution is -1.96. The van der Waals surface area contributed by atoms with Crippen LogP contribution in [0.15, 0.2) is 160 Å². The van der Waals surface area contributed by atoms with Crippen LogP contribution in [0.25, 0.3) is 99.9 Å². The average Bonchev–Trinajstić information content (AvgIpc) is 3.74. The first-order chi connectivity index (χ1) is 23.8. The van der Waals surface area contributed by atoms with E-state index in [0.29, 0.717) is 5.82 Å². The van der Waals surface area contributed by atoms with E-state index in [1.165, 1.54) is 0 Å². The summed E-state index contributed by atoms with van der Waals surface area (Å²) in [6.45, 7) is 0. The largest absolute Gasteiger partial charge is 0.455 e. The van der Waals surface area contributed by atoms with Gasteiger partial charge in [-0.05, 0) is 48.5 Å². The summed E-state index contributed by atoms with van der Waals surface area (Å²) >= 11 is 0. The van der Waals surface area contributed by atoms with Crippen LogP contribution in [0.5, 0.6) is 0 Å². The molecule has 0 saturated heterocycles. The Kier molecular flexibility index (Phi) is 5.81. The number of nitrogens with zero attached hydrogens (tertiary/aromatic N) is 3. The molecule has 6 aromatic carbocycles. The van der Waals surface area contributed by atoms with Gasteiger partial charge < -0.3 is 8.83 Å². The molecule has 0 bridgehead atoms. The van der Waals surface area contributed by atoms with E-state index in [2.05, 4.69) is 66.7 Å². The molecular formula is C43H25N3O2. The number of rotatable bonds is 4. The first-order valence-electron chi connectivity index (χ1n) is 15.9. The molecular weight excluding hydrogens is 590 g/mol. The number of para-hydroxylation sites is 3. The molecule has 0 amide bonds. The lowest BCUT2D eigenvalue weighted by atomic mass is 10.0. The second-order valence-corrected chi connectivity index (χ2v) is 12.0. The van der Waals surface area contributed by atoms with E-state index in [4.69, 9.17) is 23.8 Å². The number of benzene rings is 6. The van der Waals surface area contributed by atoms with Crippen LogP contribution in [-0.2, 0) is 0 Å². The molecule has 0 aliphatic rings.